The summed E-state index contributed by atoms with van der Waals surface area (Å²) in [5.41, 5.74) is 5.34. The Kier molecular flexibility index (Phi) is 3.31. The maximum absolute atomic E-state index is 4.80. The van der Waals surface area contributed by atoms with Gasteiger partial charge in [-0.1, -0.05) is 44.5 Å². The van der Waals surface area contributed by atoms with E-state index in [1.54, 1.807) is 0 Å². The number of anilines is 1. The Bertz CT molecular complexity index is 662. The lowest BCUT2D eigenvalue weighted by molar-refractivity contribution is 0.539. The first-order chi connectivity index (χ1) is 9.84. The van der Waals surface area contributed by atoms with Crippen LogP contribution in [0, 0.1) is 13.8 Å². The van der Waals surface area contributed by atoms with Crippen LogP contribution in [0.2, 0.25) is 0 Å². The third kappa shape index (κ3) is 2.69. The molecule has 0 spiro atoms. The number of fused-ring (bicyclic) bond motifs is 1. The van der Waals surface area contributed by atoms with Crippen LogP contribution in [-0.2, 0) is 12.0 Å². The van der Waals surface area contributed by atoms with Crippen LogP contribution in [0.25, 0.3) is 0 Å². The van der Waals surface area contributed by atoms with E-state index in [0.717, 1.165) is 24.6 Å². The van der Waals surface area contributed by atoms with E-state index in [2.05, 4.69) is 68.9 Å². The average molecular weight is 283 g/mol. The van der Waals surface area contributed by atoms with Gasteiger partial charge >= 0.3 is 0 Å². The Morgan fingerprint density at radius 3 is 2.71 bits per heavy atom. The molecule has 1 aromatic heterocycles. The number of hydrogen-bond donors (Lipinski definition) is 1. The van der Waals surface area contributed by atoms with Crippen LogP contribution in [0.4, 0.5) is 5.95 Å². The van der Waals surface area contributed by atoms with E-state index in [4.69, 9.17) is 4.98 Å². The fraction of sp³-hybridized carbons (Fsp3) is 0.500. The summed E-state index contributed by atoms with van der Waals surface area (Å²) in [7, 11) is 0. The molecule has 21 heavy (non-hydrogen) atoms. The summed E-state index contributed by atoms with van der Waals surface area (Å²) >= 11 is 0. The van der Waals surface area contributed by atoms with Crippen LogP contribution in [0.3, 0.4) is 0 Å². The zero-order chi connectivity index (χ0) is 15.2. The number of aromatic nitrogens is 2. The number of benzene rings is 1. The van der Waals surface area contributed by atoms with Crippen molar-refractivity contribution in [2.45, 2.75) is 59.0 Å². The quantitative estimate of drug-likeness (QED) is 0.843. The summed E-state index contributed by atoms with van der Waals surface area (Å²) < 4.78 is 2.25. The fourth-order valence-corrected chi connectivity index (χ4v) is 2.93. The van der Waals surface area contributed by atoms with Crippen molar-refractivity contribution in [3.05, 3.63) is 46.8 Å². The van der Waals surface area contributed by atoms with Gasteiger partial charge in [0.1, 0.15) is 0 Å². The molecular weight excluding hydrogens is 258 g/mol. The van der Waals surface area contributed by atoms with E-state index in [1.807, 2.05) is 0 Å². The number of hydrogen-bond acceptors (Lipinski definition) is 2. The third-order valence-electron chi connectivity index (χ3n) is 4.32. The second-order valence-corrected chi connectivity index (χ2v) is 7.24. The number of nitrogens with zero attached hydrogens (tertiary/aromatic N) is 2. The van der Waals surface area contributed by atoms with Crippen molar-refractivity contribution < 1.29 is 0 Å². The first-order valence-electron chi connectivity index (χ1n) is 7.76. The third-order valence-corrected chi connectivity index (χ3v) is 4.32. The van der Waals surface area contributed by atoms with Gasteiger partial charge in [0, 0.05) is 18.2 Å². The van der Waals surface area contributed by atoms with Crippen molar-refractivity contribution in [3.8, 4) is 0 Å². The Balaban J connectivity index is 1.91. The van der Waals surface area contributed by atoms with Gasteiger partial charge < -0.3 is 9.88 Å². The predicted octanol–water partition coefficient (Wildman–Crippen LogP) is 4.35. The van der Waals surface area contributed by atoms with Crippen LogP contribution in [0.15, 0.2) is 24.4 Å². The molecule has 3 rings (SSSR count). The van der Waals surface area contributed by atoms with Gasteiger partial charge in [-0.3, -0.25) is 0 Å². The molecule has 0 bridgehead atoms. The number of aryl methyl sites for hydroxylation is 3. The van der Waals surface area contributed by atoms with Crippen LogP contribution in [0.1, 0.15) is 55.6 Å². The highest BCUT2D eigenvalue weighted by Crippen LogP contribution is 2.32. The van der Waals surface area contributed by atoms with Gasteiger partial charge in [0.05, 0.1) is 11.7 Å². The minimum atomic E-state index is 0.0980. The minimum Gasteiger partial charge on any atom is -0.349 e. The maximum Gasteiger partial charge on any atom is 0.203 e. The smallest absolute Gasteiger partial charge is 0.203 e. The van der Waals surface area contributed by atoms with Crippen molar-refractivity contribution in [1.82, 2.24) is 9.55 Å². The first-order valence-corrected chi connectivity index (χ1v) is 7.76. The van der Waals surface area contributed by atoms with Gasteiger partial charge in [-0.2, -0.15) is 0 Å². The van der Waals surface area contributed by atoms with E-state index in [-0.39, 0.29) is 5.41 Å². The molecule has 3 heteroatoms. The Morgan fingerprint density at radius 2 is 2.00 bits per heavy atom. The van der Waals surface area contributed by atoms with Crippen molar-refractivity contribution in [2.24, 2.45) is 0 Å². The molecule has 1 aliphatic rings. The summed E-state index contributed by atoms with van der Waals surface area (Å²) in [5, 5.41) is 3.63. The van der Waals surface area contributed by atoms with Gasteiger partial charge in [0.25, 0.3) is 0 Å². The maximum atomic E-state index is 4.80. The van der Waals surface area contributed by atoms with Crippen LogP contribution >= 0.6 is 0 Å². The number of nitrogens with one attached hydrogen (secondary N) is 1. The van der Waals surface area contributed by atoms with Crippen LogP contribution in [-0.4, -0.2) is 9.55 Å². The highest BCUT2D eigenvalue weighted by Gasteiger charge is 2.25. The molecule has 0 radical (unpaired) electrons. The minimum absolute atomic E-state index is 0.0980. The molecule has 0 aliphatic carbocycles. The van der Waals surface area contributed by atoms with Crippen molar-refractivity contribution in [2.75, 3.05) is 5.32 Å². The van der Waals surface area contributed by atoms with E-state index < -0.39 is 0 Å². The molecule has 1 N–H and O–H groups in total. The largest absolute Gasteiger partial charge is 0.349 e. The van der Waals surface area contributed by atoms with Gasteiger partial charge in [-0.15, -0.1) is 0 Å². The topological polar surface area (TPSA) is 29.9 Å². The van der Waals surface area contributed by atoms with Gasteiger partial charge in [-0.25, -0.2) is 4.98 Å². The molecular formula is C18H25N3. The number of imidazole rings is 1. The van der Waals surface area contributed by atoms with Crippen molar-refractivity contribution >= 4 is 5.95 Å². The molecule has 1 unspecified atom stereocenters. The highest BCUT2D eigenvalue weighted by molar-refractivity contribution is 5.41. The lowest BCUT2D eigenvalue weighted by atomic mass is 9.93. The molecule has 0 amide bonds. The van der Waals surface area contributed by atoms with E-state index in [0.29, 0.717) is 6.04 Å². The molecule has 1 aliphatic heterocycles. The molecule has 3 nitrogen and oxygen atoms in total. The van der Waals surface area contributed by atoms with E-state index in [1.165, 1.54) is 16.7 Å². The van der Waals surface area contributed by atoms with Gasteiger partial charge in [0.2, 0.25) is 5.95 Å². The Morgan fingerprint density at radius 1 is 1.24 bits per heavy atom. The van der Waals surface area contributed by atoms with Gasteiger partial charge in [-0.05, 0) is 31.4 Å². The SMILES string of the molecule is Cc1ccc(C)c(C2CCn3cc(C(C)(C)C)nc3N2)c1. The summed E-state index contributed by atoms with van der Waals surface area (Å²) in [6.07, 6.45) is 3.30. The zero-order valence-electron chi connectivity index (χ0n) is 13.7. The lowest BCUT2D eigenvalue weighted by Crippen LogP contribution is -2.22. The summed E-state index contributed by atoms with van der Waals surface area (Å²) in [6, 6.07) is 7.07. The Labute approximate surface area is 127 Å². The van der Waals surface area contributed by atoms with Crippen LogP contribution in [0.5, 0.6) is 0 Å². The molecule has 1 atom stereocenters. The summed E-state index contributed by atoms with van der Waals surface area (Å²) in [6.45, 7) is 12.0. The predicted molar refractivity (Wildman–Crippen MR) is 87.8 cm³/mol. The van der Waals surface area contributed by atoms with Crippen molar-refractivity contribution in [3.63, 3.8) is 0 Å². The molecule has 1 aromatic carbocycles. The molecule has 2 aromatic rings. The molecule has 2 heterocycles. The summed E-state index contributed by atoms with van der Waals surface area (Å²) in [4.78, 5) is 4.80. The van der Waals surface area contributed by atoms with E-state index >= 15 is 0 Å². The molecule has 112 valence electrons. The Hall–Kier alpha value is -1.77. The second-order valence-electron chi connectivity index (χ2n) is 7.24. The zero-order valence-corrected chi connectivity index (χ0v) is 13.7. The van der Waals surface area contributed by atoms with E-state index in [9.17, 15) is 0 Å². The monoisotopic (exact) mass is 283 g/mol. The standard InChI is InChI=1S/C18H25N3/c1-12-6-7-13(2)14(10-12)15-8-9-21-11-16(18(3,4)5)20-17(21)19-15/h6-7,10-11,15H,8-9H2,1-5H3,(H,19,20). The van der Waals surface area contributed by atoms with Crippen LogP contribution < -0.4 is 5.32 Å². The molecule has 0 fully saturated rings. The average Bonchev–Trinajstić information content (AvgIpc) is 2.84. The molecule has 0 saturated carbocycles. The summed E-state index contributed by atoms with van der Waals surface area (Å²) in [5.74, 6) is 1.01. The van der Waals surface area contributed by atoms with Crippen molar-refractivity contribution in [1.29, 1.82) is 0 Å². The normalized spacial score (nSPS) is 18.2. The molecule has 0 saturated heterocycles. The highest BCUT2D eigenvalue weighted by atomic mass is 15.2. The number of rotatable bonds is 1. The fourth-order valence-electron chi connectivity index (χ4n) is 2.93. The lowest BCUT2D eigenvalue weighted by Gasteiger charge is -2.27. The first kappa shape index (κ1) is 14.2. The van der Waals surface area contributed by atoms with Gasteiger partial charge in [0.15, 0.2) is 0 Å². The second kappa shape index (κ2) is 4.90.